The highest BCUT2D eigenvalue weighted by molar-refractivity contribution is 7.10. The van der Waals surface area contributed by atoms with Crippen LogP contribution in [0.1, 0.15) is 33.6 Å². The zero-order valence-electron chi connectivity index (χ0n) is 14.1. The van der Waals surface area contributed by atoms with Gasteiger partial charge in [0.15, 0.2) is 0 Å². The fourth-order valence-electron chi connectivity index (χ4n) is 3.84. The molecular weight excluding hydrogens is 341 g/mol. The smallest absolute Gasteiger partial charge is 0.260 e. The summed E-state index contributed by atoms with van der Waals surface area (Å²) >= 11 is 1.74. The van der Waals surface area contributed by atoms with Gasteiger partial charge in [-0.15, -0.1) is 11.3 Å². The Morgan fingerprint density at radius 3 is 2.88 bits per heavy atom. The third-order valence-corrected chi connectivity index (χ3v) is 6.32. The van der Waals surface area contributed by atoms with Crippen LogP contribution in [-0.2, 0) is 16.8 Å². The van der Waals surface area contributed by atoms with Crippen LogP contribution in [0.3, 0.4) is 0 Å². The molecule has 0 aliphatic carbocycles. The van der Waals surface area contributed by atoms with Crippen LogP contribution < -0.4 is 4.74 Å². The third-order valence-electron chi connectivity index (χ3n) is 5.18. The Balaban J connectivity index is 1.55. The van der Waals surface area contributed by atoms with Crippen LogP contribution in [0.5, 0.6) is 5.75 Å². The van der Waals surface area contributed by atoms with Gasteiger partial charge < -0.3 is 14.4 Å². The van der Waals surface area contributed by atoms with Crippen molar-refractivity contribution >= 4 is 17.2 Å². The number of hydrogen-bond acceptors (Lipinski definition) is 4. The van der Waals surface area contributed by atoms with Crippen LogP contribution in [0.15, 0.2) is 29.6 Å². The summed E-state index contributed by atoms with van der Waals surface area (Å²) < 4.78 is 25.5. The summed E-state index contributed by atoms with van der Waals surface area (Å²) in [7, 11) is 1.45. The summed E-state index contributed by atoms with van der Waals surface area (Å²) in [6, 6.07) is 6.63. The summed E-state index contributed by atoms with van der Waals surface area (Å²) in [4.78, 5) is 15.8. The first-order valence-corrected chi connectivity index (χ1v) is 9.35. The SMILES string of the molecule is COc1cccc(F)c1C(=O)N1CCC2(CC1)OCCc1ccsc12. The molecule has 3 heterocycles. The lowest BCUT2D eigenvalue weighted by atomic mass is 9.85. The maximum atomic E-state index is 14.2. The number of rotatable bonds is 2. The van der Waals surface area contributed by atoms with E-state index >= 15 is 0 Å². The van der Waals surface area contributed by atoms with Crippen molar-refractivity contribution in [1.29, 1.82) is 0 Å². The second-order valence-corrected chi connectivity index (χ2v) is 7.39. The average molecular weight is 361 g/mol. The van der Waals surface area contributed by atoms with Gasteiger partial charge in [0.25, 0.3) is 5.91 Å². The quantitative estimate of drug-likeness (QED) is 0.820. The van der Waals surface area contributed by atoms with Gasteiger partial charge in [-0.1, -0.05) is 6.07 Å². The largest absolute Gasteiger partial charge is 0.496 e. The minimum Gasteiger partial charge on any atom is -0.496 e. The second kappa shape index (κ2) is 6.42. The van der Waals surface area contributed by atoms with Crippen LogP contribution >= 0.6 is 11.3 Å². The summed E-state index contributed by atoms with van der Waals surface area (Å²) in [6.07, 6.45) is 2.43. The van der Waals surface area contributed by atoms with Crippen molar-refractivity contribution in [3.8, 4) is 5.75 Å². The van der Waals surface area contributed by atoms with Gasteiger partial charge in [0.05, 0.1) is 13.7 Å². The molecule has 2 aromatic rings. The molecule has 0 saturated carbocycles. The van der Waals surface area contributed by atoms with Gasteiger partial charge in [-0.3, -0.25) is 4.79 Å². The number of carbonyl (C=O) groups excluding carboxylic acids is 1. The van der Waals surface area contributed by atoms with E-state index in [-0.39, 0.29) is 22.8 Å². The summed E-state index contributed by atoms with van der Waals surface area (Å²) in [5.74, 6) is -0.578. The highest BCUT2D eigenvalue weighted by Gasteiger charge is 2.43. The molecule has 1 spiro atoms. The number of halogens is 1. The fourth-order valence-corrected chi connectivity index (χ4v) is 5.00. The standard InChI is InChI=1S/C19H20FNO3S/c1-23-15-4-2-3-14(20)16(15)18(22)21-9-7-19(8-10-21)17-13(5-11-24-19)6-12-25-17/h2-4,6,12H,5,7-11H2,1H3. The number of benzene rings is 1. The molecule has 1 saturated heterocycles. The lowest BCUT2D eigenvalue weighted by Gasteiger charge is -2.43. The maximum Gasteiger partial charge on any atom is 0.260 e. The van der Waals surface area contributed by atoms with Gasteiger partial charge in [0.1, 0.15) is 22.7 Å². The van der Waals surface area contributed by atoms with Crippen LogP contribution in [0, 0.1) is 5.82 Å². The van der Waals surface area contributed by atoms with Crippen molar-refractivity contribution in [2.75, 3.05) is 26.8 Å². The van der Waals surface area contributed by atoms with Crippen molar-refractivity contribution in [2.24, 2.45) is 0 Å². The first kappa shape index (κ1) is 16.5. The molecule has 0 atom stereocenters. The first-order chi connectivity index (χ1) is 12.1. The van der Waals surface area contributed by atoms with Crippen LogP contribution in [-0.4, -0.2) is 37.6 Å². The van der Waals surface area contributed by atoms with Crippen molar-refractivity contribution < 1.29 is 18.7 Å². The van der Waals surface area contributed by atoms with Gasteiger partial charge in [-0.2, -0.15) is 0 Å². The molecular formula is C19H20FNO3S. The lowest BCUT2D eigenvalue weighted by Crippen LogP contribution is -2.48. The van der Waals surface area contributed by atoms with Crippen molar-refractivity contribution in [3.63, 3.8) is 0 Å². The number of amides is 1. The van der Waals surface area contributed by atoms with E-state index in [1.165, 1.54) is 23.6 Å². The normalized spacial score (nSPS) is 18.9. The summed E-state index contributed by atoms with van der Waals surface area (Å²) in [5, 5.41) is 2.11. The van der Waals surface area contributed by atoms with Crippen molar-refractivity contribution in [1.82, 2.24) is 4.90 Å². The number of ether oxygens (including phenoxy) is 2. The number of piperidine rings is 1. The van der Waals surface area contributed by atoms with E-state index < -0.39 is 5.82 Å². The number of methoxy groups -OCH3 is 1. The zero-order chi connectivity index (χ0) is 17.4. The molecule has 0 bridgehead atoms. The molecule has 2 aliphatic rings. The molecule has 2 aliphatic heterocycles. The molecule has 1 fully saturated rings. The molecule has 0 unspecified atom stereocenters. The van der Waals surface area contributed by atoms with Gasteiger partial charge >= 0.3 is 0 Å². The minimum absolute atomic E-state index is 0.0160. The average Bonchev–Trinajstić information content (AvgIpc) is 3.12. The number of nitrogens with zero attached hydrogens (tertiary/aromatic N) is 1. The first-order valence-electron chi connectivity index (χ1n) is 8.47. The molecule has 1 aromatic carbocycles. The van der Waals surface area contributed by atoms with E-state index in [4.69, 9.17) is 9.47 Å². The Hall–Kier alpha value is -1.92. The molecule has 25 heavy (non-hydrogen) atoms. The Bertz CT molecular complexity index is 796. The molecule has 4 nitrogen and oxygen atoms in total. The maximum absolute atomic E-state index is 14.2. The van der Waals surface area contributed by atoms with Crippen LogP contribution in [0.2, 0.25) is 0 Å². The van der Waals surface area contributed by atoms with Crippen LogP contribution in [0.25, 0.3) is 0 Å². The van der Waals surface area contributed by atoms with Crippen LogP contribution in [0.4, 0.5) is 4.39 Å². The van der Waals surface area contributed by atoms with Crippen molar-refractivity contribution in [3.05, 3.63) is 51.5 Å². The lowest BCUT2D eigenvalue weighted by molar-refractivity contribution is -0.0906. The molecule has 1 aromatic heterocycles. The Morgan fingerprint density at radius 1 is 1.32 bits per heavy atom. The predicted molar refractivity (Wildman–Crippen MR) is 93.7 cm³/mol. The third kappa shape index (κ3) is 2.73. The summed E-state index contributed by atoms with van der Waals surface area (Å²) in [6.45, 7) is 1.82. The van der Waals surface area contributed by atoms with Gasteiger partial charge in [0.2, 0.25) is 0 Å². The minimum atomic E-state index is -0.543. The molecule has 4 rings (SSSR count). The van der Waals surface area contributed by atoms with Gasteiger partial charge in [-0.05, 0) is 48.4 Å². The molecule has 6 heteroatoms. The molecule has 0 radical (unpaired) electrons. The van der Waals surface area contributed by atoms with E-state index in [1.807, 2.05) is 0 Å². The van der Waals surface area contributed by atoms with E-state index in [0.717, 1.165) is 25.9 Å². The summed E-state index contributed by atoms with van der Waals surface area (Å²) in [5.41, 5.74) is 1.10. The Labute approximate surface area is 150 Å². The second-order valence-electron chi connectivity index (χ2n) is 6.48. The number of fused-ring (bicyclic) bond motifs is 2. The fraction of sp³-hybridized carbons (Fsp3) is 0.421. The number of likely N-dealkylation sites (tertiary alicyclic amines) is 1. The number of hydrogen-bond donors (Lipinski definition) is 0. The molecule has 1 amide bonds. The Kier molecular flexibility index (Phi) is 4.25. The predicted octanol–water partition coefficient (Wildman–Crippen LogP) is 3.60. The van der Waals surface area contributed by atoms with Crippen molar-refractivity contribution in [2.45, 2.75) is 24.9 Å². The molecule has 132 valence electrons. The zero-order valence-corrected chi connectivity index (χ0v) is 14.9. The van der Waals surface area contributed by atoms with E-state index in [1.54, 1.807) is 28.4 Å². The molecule has 0 N–H and O–H groups in total. The number of carbonyl (C=O) groups is 1. The van der Waals surface area contributed by atoms with E-state index in [9.17, 15) is 9.18 Å². The Morgan fingerprint density at radius 2 is 2.12 bits per heavy atom. The highest BCUT2D eigenvalue weighted by atomic mass is 32.1. The van der Waals surface area contributed by atoms with Gasteiger partial charge in [0, 0.05) is 18.0 Å². The monoisotopic (exact) mass is 361 g/mol. The number of thiophene rings is 1. The topological polar surface area (TPSA) is 38.8 Å². The van der Waals surface area contributed by atoms with E-state index in [0.29, 0.717) is 13.1 Å². The van der Waals surface area contributed by atoms with Gasteiger partial charge in [-0.25, -0.2) is 4.39 Å². The highest BCUT2D eigenvalue weighted by Crippen LogP contribution is 2.44. The van der Waals surface area contributed by atoms with E-state index in [2.05, 4.69) is 11.4 Å².